The van der Waals surface area contributed by atoms with Crippen molar-refractivity contribution in [1.82, 2.24) is 4.98 Å². The molecule has 0 unspecified atom stereocenters. The number of benzene rings is 2. The molecule has 144 valence electrons. The lowest BCUT2D eigenvalue weighted by Gasteiger charge is -2.05. The molecule has 7 heteroatoms. The fourth-order valence-electron chi connectivity index (χ4n) is 2.68. The second-order valence-electron chi connectivity index (χ2n) is 6.07. The number of anilines is 2. The summed E-state index contributed by atoms with van der Waals surface area (Å²) in [4.78, 5) is 28.4. The largest absolute Gasteiger partial charge is 0.453 e. The third-order valence-corrected chi connectivity index (χ3v) is 4.92. The first-order valence-electron chi connectivity index (χ1n) is 8.90. The molecular formula is C21H21N3O3S. The van der Waals surface area contributed by atoms with Gasteiger partial charge in [-0.15, -0.1) is 0 Å². The van der Waals surface area contributed by atoms with Gasteiger partial charge in [0.25, 0.3) is 0 Å². The second-order valence-corrected chi connectivity index (χ2v) is 7.07. The van der Waals surface area contributed by atoms with E-state index in [4.69, 9.17) is 0 Å². The Morgan fingerprint density at radius 1 is 1.00 bits per heavy atom. The van der Waals surface area contributed by atoms with Crippen molar-refractivity contribution in [3.63, 3.8) is 0 Å². The van der Waals surface area contributed by atoms with Gasteiger partial charge in [-0.25, -0.2) is 9.78 Å². The van der Waals surface area contributed by atoms with Crippen LogP contribution in [0.4, 0.5) is 14.9 Å². The fraction of sp³-hybridized carbons (Fsp3) is 0.190. The third-order valence-electron chi connectivity index (χ3n) is 4.03. The molecule has 0 spiro atoms. The molecule has 2 N–H and O–H groups in total. The Bertz CT molecular complexity index is 927. The van der Waals surface area contributed by atoms with Crippen molar-refractivity contribution < 1.29 is 14.3 Å². The molecule has 0 aliphatic heterocycles. The Balaban J connectivity index is 1.68. The van der Waals surface area contributed by atoms with E-state index in [1.165, 1.54) is 24.0 Å². The van der Waals surface area contributed by atoms with Crippen LogP contribution in [0.2, 0.25) is 0 Å². The van der Waals surface area contributed by atoms with Crippen LogP contribution in [0.3, 0.4) is 0 Å². The van der Waals surface area contributed by atoms with Gasteiger partial charge in [0.1, 0.15) is 10.7 Å². The van der Waals surface area contributed by atoms with E-state index in [-0.39, 0.29) is 5.91 Å². The molecule has 0 bridgehead atoms. The van der Waals surface area contributed by atoms with Gasteiger partial charge in [-0.05, 0) is 18.4 Å². The molecule has 6 nitrogen and oxygen atoms in total. The number of ether oxygens (including phenoxy) is 1. The number of hydrogen-bond donors (Lipinski definition) is 2. The fourth-order valence-corrected chi connectivity index (χ4v) is 3.56. The molecule has 3 rings (SSSR count). The first kappa shape index (κ1) is 19.6. The zero-order valence-electron chi connectivity index (χ0n) is 15.5. The molecule has 0 saturated carbocycles. The predicted octanol–water partition coefficient (Wildman–Crippen LogP) is 4.95. The smallest absolute Gasteiger partial charge is 0.413 e. The van der Waals surface area contributed by atoms with Gasteiger partial charge >= 0.3 is 6.09 Å². The van der Waals surface area contributed by atoms with Crippen molar-refractivity contribution in [1.29, 1.82) is 0 Å². The number of aryl methyl sites for hydroxylation is 1. The van der Waals surface area contributed by atoms with E-state index in [0.717, 1.165) is 18.4 Å². The van der Waals surface area contributed by atoms with Gasteiger partial charge < -0.3 is 10.1 Å². The molecule has 2 aromatic carbocycles. The van der Waals surface area contributed by atoms with Gasteiger partial charge in [-0.3, -0.25) is 10.1 Å². The van der Waals surface area contributed by atoms with Crippen LogP contribution in [0.25, 0.3) is 11.3 Å². The lowest BCUT2D eigenvalue weighted by Crippen LogP contribution is -2.11. The number of nitrogens with zero attached hydrogens (tertiary/aromatic N) is 1. The van der Waals surface area contributed by atoms with E-state index in [1.807, 2.05) is 48.5 Å². The van der Waals surface area contributed by atoms with Gasteiger partial charge in [-0.2, -0.15) is 0 Å². The Morgan fingerprint density at radius 3 is 2.36 bits per heavy atom. The highest BCUT2D eigenvalue weighted by Crippen LogP contribution is 2.36. The monoisotopic (exact) mass is 395 g/mol. The van der Waals surface area contributed by atoms with Crippen LogP contribution in [0, 0.1) is 0 Å². The van der Waals surface area contributed by atoms with E-state index < -0.39 is 6.09 Å². The SMILES string of the molecule is COC(=O)Nc1nc(-c2ccccc2)c(NC(=O)CCCc2ccccc2)s1. The molecule has 0 saturated heterocycles. The van der Waals surface area contributed by atoms with Crippen LogP contribution in [-0.2, 0) is 16.0 Å². The average Bonchev–Trinajstić information content (AvgIpc) is 3.11. The van der Waals surface area contributed by atoms with Crippen molar-refractivity contribution in [3.8, 4) is 11.3 Å². The molecule has 0 aliphatic carbocycles. The molecule has 3 aromatic rings. The van der Waals surface area contributed by atoms with Gasteiger partial charge in [0.05, 0.1) is 7.11 Å². The minimum Gasteiger partial charge on any atom is -0.453 e. The molecule has 28 heavy (non-hydrogen) atoms. The first-order valence-corrected chi connectivity index (χ1v) is 9.72. The molecule has 2 amide bonds. The summed E-state index contributed by atoms with van der Waals surface area (Å²) in [5, 5.41) is 6.45. The summed E-state index contributed by atoms with van der Waals surface area (Å²) in [7, 11) is 1.29. The quantitative estimate of drug-likeness (QED) is 0.593. The van der Waals surface area contributed by atoms with Crippen molar-refractivity contribution in [2.45, 2.75) is 19.3 Å². The molecule has 0 fully saturated rings. The number of carbonyl (C=O) groups is 2. The first-order chi connectivity index (χ1) is 13.7. The number of nitrogens with one attached hydrogen (secondary N) is 2. The summed E-state index contributed by atoms with van der Waals surface area (Å²) in [6.07, 6.45) is 1.40. The number of amides is 2. The van der Waals surface area contributed by atoms with Crippen LogP contribution in [0.5, 0.6) is 0 Å². The van der Waals surface area contributed by atoms with Crippen molar-refractivity contribution >= 4 is 33.5 Å². The topological polar surface area (TPSA) is 80.3 Å². The van der Waals surface area contributed by atoms with E-state index in [9.17, 15) is 9.59 Å². The van der Waals surface area contributed by atoms with E-state index in [1.54, 1.807) is 0 Å². The normalized spacial score (nSPS) is 10.3. The van der Waals surface area contributed by atoms with Crippen molar-refractivity contribution in [3.05, 3.63) is 66.2 Å². The molecule has 0 radical (unpaired) electrons. The highest BCUT2D eigenvalue weighted by Gasteiger charge is 2.17. The maximum Gasteiger partial charge on any atom is 0.413 e. The lowest BCUT2D eigenvalue weighted by atomic mass is 10.1. The van der Waals surface area contributed by atoms with E-state index >= 15 is 0 Å². The molecular weight excluding hydrogens is 374 g/mol. The van der Waals surface area contributed by atoms with Crippen LogP contribution < -0.4 is 10.6 Å². The van der Waals surface area contributed by atoms with E-state index in [0.29, 0.717) is 22.2 Å². The standard InChI is InChI=1S/C21H21N3O3S/c1-27-21(26)24-20-23-18(16-12-6-3-7-13-16)19(28-20)22-17(25)14-8-11-15-9-4-2-5-10-15/h2-7,9-10,12-13H,8,11,14H2,1H3,(H,22,25)(H,23,24,26). The van der Waals surface area contributed by atoms with Crippen LogP contribution in [0.1, 0.15) is 18.4 Å². The maximum absolute atomic E-state index is 12.4. The van der Waals surface area contributed by atoms with Gasteiger partial charge in [-0.1, -0.05) is 72.0 Å². The Kier molecular flexibility index (Phi) is 6.75. The van der Waals surface area contributed by atoms with Crippen LogP contribution >= 0.6 is 11.3 Å². The molecule has 0 aliphatic rings. The highest BCUT2D eigenvalue weighted by atomic mass is 32.1. The van der Waals surface area contributed by atoms with Gasteiger partial charge in [0, 0.05) is 12.0 Å². The van der Waals surface area contributed by atoms with E-state index in [2.05, 4.69) is 32.5 Å². The number of carbonyl (C=O) groups excluding carboxylic acids is 2. The Hall–Kier alpha value is -3.19. The number of hydrogen-bond acceptors (Lipinski definition) is 5. The molecule has 1 aromatic heterocycles. The minimum absolute atomic E-state index is 0.0821. The second kappa shape index (κ2) is 9.66. The summed E-state index contributed by atoms with van der Waals surface area (Å²) in [6, 6.07) is 19.6. The summed E-state index contributed by atoms with van der Waals surface area (Å²) >= 11 is 1.20. The van der Waals surface area contributed by atoms with Crippen LogP contribution in [0.15, 0.2) is 60.7 Å². The van der Waals surface area contributed by atoms with Gasteiger partial charge in [0.15, 0.2) is 5.13 Å². The summed E-state index contributed by atoms with van der Waals surface area (Å²) < 4.78 is 4.61. The number of thiazole rings is 1. The molecule has 0 atom stereocenters. The Morgan fingerprint density at radius 2 is 1.68 bits per heavy atom. The molecule has 1 heterocycles. The minimum atomic E-state index is -0.603. The third kappa shape index (κ3) is 5.40. The summed E-state index contributed by atoms with van der Waals surface area (Å²) in [6.45, 7) is 0. The van der Waals surface area contributed by atoms with Crippen molar-refractivity contribution in [2.75, 3.05) is 17.7 Å². The number of methoxy groups -OCH3 is 1. The predicted molar refractivity (Wildman–Crippen MR) is 112 cm³/mol. The van der Waals surface area contributed by atoms with Crippen LogP contribution in [-0.4, -0.2) is 24.1 Å². The maximum atomic E-state index is 12.4. The zero-order valence-corrected chi connectivity index (χ0v) is 16.3. The average molecular weight is 395 g/mol. The lowest BCUT2D eigenvalue weighted by molar-refractivity contribution is -0.116. The van der Waals surface area contributed by atoms with Gasteiger partial charge in [0.2, 0.25) is 5.91 Å². The number of aromatic nitrogens is 1. The highest BCUT2D eigenvalue weighted by molar-refractivity contribution is 7.20. The summed E-state index contributed by atoms with van der Waals surface area (Å²) in [5.74, 6) is -0.0821. The van der Waals surface area contributed by atoms with Crippen molar-refractivity contribution in [2.24, 2.45) is 0 Å². The number of rotatable bonds is 7. The summed E-state index contributed by atoms with van der Waals surface area (Å²) in [5.41, 5.74) is 2.69. The zero-order chi connectivity index (χ0) is 19.8. The Labute approximate surface area is 167 Å².